The van der Waals surface area contributed by atoms with Gasteiger partial charge in [-0.1, -0.05) is 6.08 Å². The molecular weight excluding hydrogens is 252 g/mol. The molecule has 2 heterocycles. The first-order valence-corrected chi connectivity index (χ1v) is 5.92. The van der Waals surface area contributed by atoms with Crippen LogP contribution in [-0.2, 0) is 11.2 Å². The summed E-state index contributed by atoms with van der Waals surface area (Å²) in [4.78, 5) is 25.4. The average molecular weight is 268 g/mol. The summed E-state index contributed by atoms with van der Waals surface area (Å²) in [7, 11) is 0. The number of aromatic nitrogens is 2. The zero-order valence-electron chi connectivity index (χ0n) is 10.4. The molecule has 3 N–H and O–H groups in total. The van der Waals surface area contributed by atoms with Crippen LogP contribution in [0.5, 0.6) is 0 Å². The van der Waals surface area contributed by atoms with Crippen LogP contribution >= 0.6 is 0 Å². The van der Waals surface area contributed by atoms with Gasteiger partial charge in [-0.2, -0.15) is 0 Å². The number of allylic oxidation sites excluding steroid dienone is 1. The summed E-state index contributed by atoms with van der Waals surface area (Å²) in [6.07, 6.45) is -0.776. The first-order chi connectivity index (χ1) is 8.95. The molecule has 4 unspecified atom stereocenters. The Morgan fingerprint density at radius 3 is 2.68 bits per heavy atom. The van der Waals surface area contributed by atoms with Gasteiger partial charge in [-0.3, -0.25) is 14.3 Å². The molecule has 1 aliphatic heterocycles. The summed E-state index contributed by atoms with van der Waals surface area (Å²) < 4.78 is 6.42. The fourth-order valence-electron chi connectivity index (χ4n) is 2.07. The molecule has 4 atom stereocenters. The molecule has 2 rings (SSSR count). The zero-order chi connectivity index (χ0) is 14.2. The first-order valence-electron chi connectivity index (χ1n) is 5.92. The molecule has 0 bridgehead atoms. The standard InChI is InChI=1S/C12H16N2O5/c1-3-4-7-5-14(12(18)13-10(7)17)11-9(16)8(15)6(2)19-11/h3,5-6,8-9,11,15-16H,1,4H2,2H3,(H,13,17,18). The third-order valence-corrected chi connectivity index (χ3v) is 3.16. The smallest absolute Gasteiger partial charge is 0.330 e. The highest BCUT2D eigenvalue weighted by Crippen LogP contribution is 2.27. The molecule has 0 radical (unpaired) electrons. The summed E-state index contributed by atoms with van der Waals surface area (Å²) in [6.45, 7) is 5.12. The number of aromatic amines is 1. The van der Waals surface area contributed by atoms with Gasteiger partial charge in [-0.15, -0.1) is 6.58 Å². The molecule has 104 valence electrons. The molecule has 19 heavy (non-hydrogen) atoms. The molecule has 7 nitrogen and oxygen atoms in total. The number of hydrogen-bond acceptors (Lipinski definition) is 5. The van der Waals surface area contributed by atoms with Gasteiger partial charge < -0.3 is 14.9 Å². The Morgan fingerprint density at radius 1 is 1.47 bits per heavy atom. The van der Waals surface area contributed by atoms with E-state index >= 15 is 0 Å². The summed E-state index contributed by atoms with van der Waals surface area (Å²) in [6, 6.07) is 0. The second kappa shape index (κ2) is 5.12. The second-order valence-electron chi connectivity index (χ2n) is 4.53. The van der Waals surface area contributed by atoms with Gasteiger partial charge >= 0.3 is 5.69 Å². The summed E-state index contributed by atoms with van der Waals surface area (Å²) in [5, 5.41) is 19.5. The Bertz CT molecular complexity index is 591. The van der Waals surface area contributed by atoms with E-state index in [0.29, 0.717) is 5.56 Å². The van der Waals surface area contributed by atoms with E-state index in [4.69, 9.17) is 4.74 Å². The molecule has 1 aliphatic rings. The molecular formula is C12H16N2O5. The minimum absolute atomic E-state index is 0.288. The Hall–Kier alpha value is -1.70. The van der Waals surface area contributed by atoms with Gasteiger partial charge in [-0.05, 0) is 13.3 Å². The summed E-state index contributed by atoms with van der Waals surface area (Å²) in [5.41, 5.74) is -0.857. The largest absolute Gasteiger partial charge is 0.388 e. The van der Waals surface area contributed by atoms with Crippen molar-refractivity contribution in [2.45, 2.75) is 37.9 Å². The molecule has 0 spiro atoms. The molecule has 1 aromatic rings. The molecule has 7 heteroatoms. The van der Waals surface area contributed by atoms with E-state index in [9.17, 15) is 19.8 Å². The third kappa shape index (κ3) is 2.40. The normalized spacial score (nSPS) is 30.5. The molecule has 1 saturated heterocycles. The van der Waals surface area contributed by atoms with E-state index in [0.717, 1.165) is 4.57 Å². The lowest BCUT2D eigenvalue weighted by atomic mass is 10.1. The summed E-state index contributed by atoms with van der Waals surface area (Å²) in [5.74, 6) is 0. The fraction of sp³-hybridized carbons (Fsp3) is 0.500. The predicted octanol–water partition coefficient (Wildman–Crippen LogP) is -1.10. The lowest BCUT2D eigenvalue weighted by molar-refractivity contribution is -0.0352. The summed E-state index contributed by atoms with van der Waals surface area (Å²) >= 11 is 0. The van der Waals surface area contributed by atoms with Crippen molar-refractivity contribution in [1.82, 2.24) is 9.55 Å². The zero-order valence-corrected chi connectivity index (χ0v) is 10.4. The minimum Gasteiger partial charge on any atom is -0.388 e. The van der Waals surface area contributed by atoms with E-state index in [2.05, 4.69) is 11.6 Å². The van der Waals surface area contributed by atoms with E-state index < -0.39 is 35.8 Å². The van der Waals surface area contributed by atoms with Crippen molar-refractivity contribution in [1.29, 1.82) is 0 Å². The van der Waals surface area contributed by atoms with E-state index in [1.54, 1.807) is 6.92 Å². The molecule has 1 aromatic heterocycles. The van der Waals surface area contributed by atoms with Crippen molar-refractivity contribution in [3.05, 3.63) is 45.3 Å². The van der Waals surface area contributed by atoms with Crippen molar-refractivity contribution in [3.8, 4) is 0 Å². The lowest BCUT2D eigenvalue weighted by Crippen LogP contribution is -2.38. The van der Waals surface area contributed by atoms with Crippen molar-refractivity contribution >= 4 is 0 Å². The second-order valence-corrected chi connectivity index (χ2v) is 4.53. The number of hydrogen-bond donors (Lipinski definition) is 3. The number of ether oxygens (including phenoxy) is 1. The number of H-pyrrole nitrogens is 1. The number of aliphatic hydroxyl groups is 2. The van der Waals surface area contributed by atoms with E-state index in [1.165, 1.54) is 12.3 Å². The van der Waals surface area contributed by atoms with Crippen molar-refractivity contribution in [3.63, 3.8) is 0 Å². The van der Waals surface area contributed by atoms with Crippen molar-refractivity contribution in [2.24, 2.45) is 0 Å². The maximum atomic E-state index is 11.8. The van der Waals surface area contributed by atoms with Crippen LogP contribution in [0.4, 0.5) is 0 Å². The monoisotopic (exact) mass is 268 g/mol. The maximum absolute atomic E-state index is 11.8. The molecule has 0 amide bonds. The molecule has 1 fully saturated rings. The van der Waals surface area contributed by atoms with E-state index in [-0.39, 0.29) is 6.42 Å². The SMILES string of the molecule is C=CCc1cn(C2OC(C)C(O)C2O)c(=O)[nH]c1=O. The highest BCUT2D eigenvalue weighted by Gasteiger charge is 2.41. The van der Waals surface area contributed by atoms with Gasteiger partial charge in [0.2, 0.25) is 0 Å². The van der Waals surface area contributed by atoms with Crippen LogP contribution in [0.1, 0.15) is 18.7 Å². The van der Waals surface area contributed by atoms with Gasteiger partial charge in [0.15, 0.2) is 6.23 Å². The minimum atomic E-state index is -1.23. The topological polar surface area (TPSA) is 105 Å². The fourth-order valence-corrected chi connectivity index (χ4v) is 2.07. The van der Waals surface area contributed by atoms with Gasteiger partial charge in [0.1, 0.15) is 12.2 Å². The lowest BCUT2D eigenvalue weighted by Gasteiger charge is -2.17. The maximum Gasteiger partial charge on any atom is 0.330 e. The Balaban J connectivity index is 2.45. The molecule has 0 saturated carbocycles. The highest BCUT2D eigenvalue weighted by molar-refractivity contribution is 5.09. The number of nitrogens with zero attached hydrogens (tertiary/aromatic N) is 1. The molecule has 0 aliphatic carbocycles. The quantitative estimate of drug-likeness (QED) is 0.604. The van der Waals surface area contributed by atoms with Gasteiger partial charge in [0.05, 0.1) is 6.10 Å². The van der Waals surface area contributed by atoms with Gasteiger partial charge in [-0.25, -0.2) is 4.79 Å². The van der Waals surface area contributed by atoms with Gasteiger partial charge in [0, 0.05) is 11.8 Å². The van der Waals surface area contributed by atoms with Crippen molar-refractivity contribution < 1.29 is 14.9 Å². The van der Waals surface area contributed by atoms with Crippen LogP contribution in [0, 0.1) is 0 Å². The Kier molecular flexibility index (Phi) is 3.70. The molecule has 0 aromatic carbocycles. The third-order valence-electron chi connectivity index (χ3n) is 3.16. The average Bonchev–Trinajstić information content (AvgIpc) is 2.61. The van der Waals surface area contributed by atoms with Crippen LogP contribution in [0.3, 0.4) is 0 Å². The highest BCUT2D eigenvalue weighted by atomic mass is 16.6. The Labute approximate surface area is 108 Å². The van der Waals surface area contributed by atoms with E-state index in [1.807, 2.05) is 0 Å². The van der Waals surface area contributed by atoms with Gasteiger partial charge in [0.25, 0.3) is 5.56 Å². The number of rotatable bonds is 3. The van der Waals surface area contributed by atoms with Crippen LogP contribution in [0.15, 0.2) is 28.4 Å². The Morgan fingerprint density at radius 2 is 2.16 bits per heavy atom. The predicted molar refractivity (Wildman–Crippen MR) is 66.8 cm³/mol. The van der Waals surface area contributed by atoms with Crippen LogP contribution < -0.4 is 11.2 Å². The number of nitrogens with one attached hydrogen (secondary N) is 1. The van der Waals surface area contributed by atoms with Crippen LogP contribution in [-0.4, -0.2) is 38.1 Å². The number of aliphatic hydroxyl groups excluding tert-OH is 2. The van der Waals surface area contributed by atoms with Crippen LogP contribution in [0.2, 0.25) is 0 Å². The van der Waals surface area contributed by atoms with Crippen molar-refractivity contribution in [2.75, 3.05) is 0 Å². The first kappa shape index (κ1) is 13.7. The van der Waals surface area contributed by atoms with Crippen LogP contribution in [0.25, 0.3) is 0 Å².